The quantitative estimate of drug-likeness (QED) is 0.0807. The number of rotatable bonds is 10. The first-order valence-electron chi connectivity index (χ1n) is 36.0. The Bertz CT molecular complexity index is 3550. The van der Waals surface area contributed by atoms with Gasteiger partial charge in [-0.15, -0.1) is 24.8 Å². The van der Waals surface area contributed by atoms with Gasteiger partial charge in [-0.1, -0.05) is 183 Å². The van der Waals surface area contributed by atoms with E-state index in [1.165, 1.54) is 59.8 Å². The zero-order chi connectivity index (χ0) is 78.4. The minimum Gasteiger partial charge on any atom is -0.577 e. The van der Waals surface area contributed by atoms with Crippen LogP contribution in [0.5, 0.6) is 0 Å². The number of aliphatic hydroxyl groups is 2. The van der Waals surface area contributed by atoms with Gasteiger partial charge in [0.25, 0.3) is 0 Å². The molecule has 10 rings (SSSR count). The molecule has 0 saturated carbocycles. The minimum atomic E-state index is -1.27. The van der Waals surface area contributed by atoms with Gasteiger partial charge in [-0.2, -0.15) is 0 Å². The molecule has 2 aliphatic rings. The predicted molar refractivity (Wildman–Crippen MR) is 480 cm³/mol. The summed E-state index contributed by atoms with van der Waals surface area (Å²) in [5, 5.41) is 34.8. The van der Waals surface area contributed by atoms with Crippen molar-refractivity contribution in [3.63, 3.8) is 0 Å². The Balaban J connectivity index is 0.00000127. The number of benzene rings is 8. The Kier molecular flexibility index (Phi) is 51.8. The van der Waals surface area contributed by atoms with E-state index in [1.54, 1.807) is 0 Å². The first-order chi connectivity index (χ1) is 49.0. The molecule has 8 aromatic rings. The van der Waals surface area contributed by atoms with Crippen LogP contribution in [0.25, 0.3) is 5.59 Å². The first-order valence-corrected chi connectivity index (χ1v) is 53.4. The number of aliphatic hydroxyl groups excluding tert-OH is 2. The monoisotopic (exact) mass is 1910 g/mol. The fourth-order valence-electron chi connectivity index (χ4n) is 12.1. The molecule has 2 N–H and O–H groups in total. The van der Waals surface area contributed by atoms with Crippen molar-refractivity contribution in [3.05, 3.63) is 281 Å². The van der Waals surface area contributed by atoms with Crippen molar-refractivity contribution >= 4 is 118 Å². The van der Waals surface area contributed by atoms with E-state index in [2.05, 4.69) is 404 Å². The molecule has 0 aliphatic heterocycles. The Morgan fingerprint density at radius 2 is 0.830 bits per heavy atom. The summed E-state index contributed by atoms with van der Waals surface area (Å²) < 4.78 is 19.3. The number of nitroso groups, excluding NO2 is 1. The van der Waals surface area contributed by atoms with Crippen LogP contribution >= 0.6 is 66.2 Å². The second-order valence-electron chi connectivity index (χ2n) is 31.5. The number of halogens is 3. The van der Waals surface area contributed by atoms with Crippen LogP contribution in [0.15, 0.2) is 257 Å². The predicted octanol–water partition coefficient (Wildman–Crippen LogP) is 22.2. The van der Waals surface area contributed by atoms with Crippen molar-refractivity contribution in [2.45, 2.75) is 142 Å². The summed E-state index contributed by atoms with van der Waals surface area (Å²) in [7, 11) is 3.46. The molecule has 6 nitrogen and oxygen atoms in total. The maximum absolute atomic E-state index is 11.4. The van der Waals surface area contributed by atoms with E-state index in [0.717, 1.165) is 17.6 Å². The van der Waals surface area contributed by atoms with Gasteiger partial charge >= 0.3 is 212 Å². The maximum atomic E-state index is 11.4. The molecule has 581 valence electrons. The van der Waals surface area contributed by atoms with E-state index in [4.69, 9.17) is 23.7 Å². The fourth-order valence-corrected chi connectivity index (χ4v) is 20.3. The van der Waals surface area contributed by atoms with E-state index < -0.39 is 64.0 Å². The molecule has 0 fully saturated rings. The molecule has 0 amide bonds. The van der Waals surface area contributed by atoms with E-state index in [-0.39, 0.29) is 89.8 Å². The van der Waals surface area contributed by atoms with Crippen LogP contribution in [0.3, 0.4) is 0 Å². The van der Waals surface area contributed by atoms with Crippen LogP contribution in [0.4, 0.5) is 5.69 Å². The van der Waals surface area contributed by atoms with Gasteiger partial charge in [0, 0.05) is 45.9 Å². The second kappa shape index (κ2) is 53.5. The van der Waals surface area contributed by atoms with E-state index in [1.807, 2.05) is 4.40 Å². The molecule has 7 atom stereocenters. The topological polar surface area (TPSA) is 109 Å². The van der Waals surface area contributed by atoms with Crippen molar-refractivity contribution in [3.8, 4) is 0 Å². The maximum Gasteiger partial charge on any atom is 0.102 e. The number of hydrogen-bond acceptors (Lipinski definition) is 5. The summed E-state index contributed by atoms with van der Waals surface area (Å²) in [6.45, 7) is 50.8. The van der Waals surface area contributed by atoms with Crippen LogP contribution in [-0.4, -0.2) is 76.3 Å². The molecule has 16 heteroatoms. The molecule has 2 aliphatic carbocycles. The van der Waals surface area contributed by atoms with Crippen molar-refractivity contribution in [2.75, 3.05) is 40.0 Å². The van der Waals surface area contributed by atoms with Gasteiger partial charge in [0.2, 0.25) is 0 Å². The fraction of sp³-hybridized carbons (Fsp3) is 0.389. The normalized spacial score (nSPS) is 17.2. The third kappa shape index (κ3) is 37.3. The average Bonchev–Trinajstić information content (AvgIpc) is 0.746. The Morgan fingerprint density at radius 1 is 0.528 bits per heavy atom. The molecule has 8 aromatic carbocycles. The smallest absolute Gasteiger partial charge is 0.102 e. The third-order valence-corrected chi connectivity index (χ3v) is 28.3. The molecule has 0 saturated heterocycles. The Morgan fingerprint density at radius 3 is 1.09 bits per heavy atom. The van der Waals surface area contributed by atoms with E-state index in [9.17, 15) is 13.6 Å². The SMILES string of the molecule is CC(C)(C)[CH]=[W]=[O].CC1=C(C2[C@H](O)C(C(C)(C)C)=C[C@H](C)[C@@H]2C)[C@@H](O)C(C(C)(C)C)C[C@H]1C.C[PH+](C)C.C[PH+](C)C.Cc1cccc(C)c1[N]=[Mo]=[CH]C(C)(C)c1ccccc1.Cl.Cl.[CH2]=[Ru][Cl].[N-]=O.c1ccc([PH+](c2ccccc2)c2ccccc2)cc1.c1ccc([PH+](c2ccccc2)c2ccccc2)cc1. The molecule has 0 aromatic heterocycles. The van der Waals surface area contributed by atoms with Crippen LogP contribution in [0.1, 0.15) is 127 Å². The van der Waals surface area contributed by atoms with E-state index in [0.29, 0.717) is 17.8 Å². The summed E-state index contributed by atoms with van der Waals surface area (Å²) >= 11 is -1.83. The summed E-state index contributed by atoms with van der Waals surface area (Å²) in [6.07, 6.45) is 2.34. The molecule has 0 bridgehead atoms. The third-order valence-electron chi connectivity index (χ3n) is 17.6. The van der Waals surface area contributed by atoms with Crippen molar-refractivity contribution in [2.24, 2.45) is 49.3 Å². The first kappa shape index (κ1) is 103. The van der Waals surface area contributed by atoms with Gasteiger partial charge < -0.3 is 20.7 Å². The molecule has 0 radical (unpaired) electrons. The molecule has 0 spiro atoms. The summed E-state index contributed by atoms with van der Waals surface area (Å²) in [5.41, 5.74) is 14.7. The van der Waals surface area contributed by atoms with Gasteiger partial charge in [-0.05, 0) is 148 Å². The van der Waals surface area contributed by atoms with Gasteiger partial charge in [0.1, 0.15) is 31.8 Å². The second-order valence-corrected chi connectivity index (χ2v) is 47.1. The van der Waals surface area contributed by atoms with Crippen LogP contribution in [-0.2, 0) is 60.5 Å². The summed E-state index contributed by atoms with van der Waals surface area (Å²) in [6, 6.07) is 82.0. The Labute approximate surface area is 687 Å². The Hall–Kier alpha value is -3.44. The molecule has 106 heavy (non-hydrogen) atoms. The van der Waals surface area contributed by atoms with Crippen molar-refractivity contribution in [1.82, 2.24) is 0 Å². The zero-order valence-electron chi connectivity index (χ0n) is 67.6. The van der Waals surface area contributed by atoms with Crippen molar-refractivity contribution in [1.29, 1.82) is 0 Å². The number of allylic oxidation sites excluding steroid dienone is 2. The summed E-state index contributed by atoms with van der Waals surface area (Å²) in [4.78, 5) is 7.25. The summed E-state index contributed by atoms with van der Waals surface area (Å²) in [5.74, 6) is 1.41. The average molecular weight is 1910 g/mol. The van der Waals surface area contributed by atoms with Crippen LogP contribution in [0.2, 0.25) is 0 Å². The zero-order valence-corrected chi connectivity index (χ0v) is 80.7. The minimum absolute atomic E-state index is 0. The van der Waals surface area contributed by atoms with Gasteiger partial charge in [0.05, 0.1) is 28.1 Å². The van der Waals surface area contributed by atoms with Gasteiger partial charge in [-0.3, -0.25) is 0 Å². The number of hydrogen-bond donors (Lipinski definition) is 2. The van der Waals surface area contributed by atoms with Crippen molar-refractivity contribution < 1.29 is 65.3 Å². The molecular formula is C90H129Cl3MoN2O4P4RuW+3. The van der Waals surface area contributed by atoms with Gasteiger partial charge in [0.15, 0.2) is 0 Å². The van der Waals surface area contributed by atoms with E-state index >= 15 is 0 Å². The largest absolute Gasteiger partial charge is 0.577 e. The number of nitrogens with zero attached hydrogens (tertiary/aromatic N) is 2. The van der Waals surface area contributed by atoms with Crippen LogP contribution < -0.4 is 31.8 Å². The van der Waals surface area contributed by atoms with Gasteiger partial charge in [-0.25, -0.2) is 0 Å². The standard InChI is InChI=1S/C24H42O2.2C18H15P.C10H12.C8H9N.C5H10.2C3H9P.CH2.3ClH.Mo.NO.O.Ru.W/c1-13-11-17(23(5,6)7)21(25)19(15(13)3)20-16(4)14(2)12-18(22(20)26)24(8,9)10;2*1-4-10-16(11-5-1)19(17-12-6-2-7-13-17)18-14-8-3-9-15-18;1-10(2,3)9-7-5-4-6-8-9;1-6-4-3-5-7(2)8(6)9;1-5(2,3)4;2*1-4(2)3;;;;;;1-2;;;/h11,13-15,18-19,21-22,25-26H,12H2,1-10H3;2*1-15H;1,4-8H,2-3H3;3-5H,1-2H3;1H,2-4H3;2*1-3H3;1H2;3*1H;;;;;/q;;;;;;;;;;;;;-1;;+1;/p+3/t13-,14+,15-,18?,19?,21+,22-;;;;;;;;;;;;;;;;/m0................/s1. The number of aryl methyl sites for hydroxylation is 2. The molecule has 2 unspecified atom stereocenters. The van der Waals surface area contributed by atoms with Crippen LogP contribution in [0, 0.1) is 64.6 Å². The molecular weight excluding hydrogens is 1780 g/mol. The molecule has 0 heterocycles.